The average molecular weight is 426 g/mol. The Morgan fingerprint density at radius 2 is 1.50 bits per heavy atom. The van der Waals surface area contributed by atoms with Crippen LogP contribution in [-0.2, 0) is 4.74 Å². The number of aromatic carboxylic acids is 1. The Bertz CT molecular complexity index is 1270. The van der Waals surface area contributed by atoms with Crippen molar-refractivity contribution in [1.82, 2.24) is 15.0 Å². The molecule has 8 heteroatoms. The lowest BCUT2D eigenvalue weighted by molar-refractivity contribution is 0.0691. The summed E-state index contributed by atoms with van der Waals surface area (Å²) in [6, 6.07) is 24.9. The third-order valence-corrected chi connectivity index (χ3v) is 5.44. The number of carboxylic acid groups (broad SMARTS) is 1. The number of carboxylic acids is 1. The molecule has 1 aromatic heterocycles. The van der Waals surface area contributed by atoms with Gasteiger partial charge < -0.3 is 9.84 Å². The summed E-state index contributed by atoms with van der Waals surface area (Å²) in [5, 5.41) is 19.5. The third-order valence-electron chi connectivity index (χ3n) is 5.44. The highest BCUT2D eigenvalue weighted by Gasteiger charge is 2.29. The second-order valence-electron chi connectivity index (χ2n) is 7.29. The van der Waals surface area contributed by atoms with Gasteiger partial charge in [0.15, 0.2) is 5.82 Å². The number of amides is 1. The van der Waals surface area contributed by atoms with Gasteiger partial charge in [0.05, 0.1) is 5.69 Å². The Morgan fingerprint density at radius 1 is 0.906 bits per heavy atom. The van der Waals surface area contributed by atoms with Crippen molar-refractivity contribution in [1.29, 1.82) is 0 Å². The standard InChI is InChI=1S/C24H18N4O4/c29-23(30)21-22(28(27-26-21)15-8-2-1-3-9-15)25-24(31)32-14-20-18-12-6-4-10-16(18)17-11-5-7-13-19(17)20/h1-13,20H,14H2,(H,25,31)(H,29,30). The first-order valence-electron chi connectivity index (χ1n) is 10.00. The van der Waals surface area contributed by atoms with Crippen LogP contribution in [0.2, 0.25) is 0 Å². The predicted octanol–water partition coefficient (Wildman–Crippen LogP) is 4.33. The fraction of sp³-hybridized carbons (Fsp3) is 0.0833. The van der Waals surface area contributed by atoms with E-state index in [0.29, 0.717) is 5.69 Å². The van der Waals surface area contributed by atoms with Gasteiger partial charge in [-0.1, -0.05) is 71.9 Å². The SMILES string of the molecule is O=C(Nc1c(C(=O)O)nnn1-c1ccccc1)OCC1c2ccccc2-c2ccccc21. The first-order valence-corrected chi connectivity index (χ1v) is 10.00. The number of carbonyl (C=O) groups excluding carboxylic acids is 1. The number of hydrogen-bond acceptors (Lipinski definition) is 5. The molecule has 0 spiro atoms. The monoisotopic (exact) mass is 426 g/mol. The topological polar surface area (TPSA) is 106 Å². The van der Waals surface area contributed by atoms with Gasteiger partial charge in [0.2, 0.25) is 5.69 Å². The van der Waals surface area contributed by atoms with Gasteiger partial charge in [0, 0.05) is 5.92 Å². The smallest absolute Gasteiger partial charge is 0.412 e. The van der Waals surface area contributed by atoms with E-state index < -0.39 is 12.1 Å². The van der Waals surface area contributed by atoms with Crippen LogP contribution in [0.3, 0.4) is 0 Å². The number of para-hydroxylation sites is 1. The van der Waals surface area contributed by atoms with E-state index in [4.69, 9.17) is 4.74 Å². The number of nitrogens with zero attached hydrogens (tertiary/aromatic N) is 3. The van der Waals surface area contributed by atoms with E-state index in [1.54, 1.807) is 24.3 Å². The molecule has 0 radical (unpaired) electrons. The van der Waals surface area contributed by atoms with Gasteiger partial charge >= 0.3 is 12.1 Å². The minimum atomic E-state index is -1.30. The summed E-state index contributed by atoms with van der Waals surface area (Å²) in [7, 11) is 0. The summed E-state index contributed by atoms with van der Waals surface area (Å²) >= 11 is 0. The molecule has 0 saturated heterocycles. The molecule has 0 atom stereocenters. The van der Waals surface area contributed by atoms with Crippen LogP contribution in [0.1, 0.15) is 27.5 Å². The number of rotatable bonds is 5. The molecule has 3 aromatic carbocycles. The highest BCUT2D eigenvalue weighted by molar-refractivity contribution is 5.96. The summed E-state index contributed by atoms with van der Waals surface area (Å²) in [6.07, 6.45) is -0.783. The van der Waals surface area contributed by atoms with Crippen molar-refractivity contribution in [3.05, 3.63) is 95.7 Å². The maximum Gasteiger partial charge on any atom is 0.412 e. The zero-order valence-electron chi connectivity index (χ0n) is 16.8. The first-order chi connectivity index (χ1) is 15.6. The summed E-state index contributed by atoms with van der Waals surface area (Å²) in [6.45, 7) is 0.106. The molecule has 4 aromatic rings. The van der Waals surface area contributed by atoms with Crippen molar-refractivity contribution in [2.75, 3.05) is 11.9 Å². The minimum absolute atomic E-state index is 0.0686. The lowest BCUT2D eigenvalue weighted by Crippen LogP contribution is -2.21. The molecule has 0 fully saturated rings. The molecule has 0 aliphatic heterocycles. The summed E-state index contributed by atoms with van der Waals surface area (Å²) in [5.74, 6) is -1.48. The summed E-state index contributed by atoms with van der Waals surface area (Å²) in [5.41, 5.74) is 4.60. The van der Waals surface area contributed by atoms with E-state index in [0.717, 1.165) is 22.3 Å². The number of anilines is 1. The Kier molecular flexibility index (Phi) is 4.87. The van der Waals surface area contributed by atoms with E-state index in [1.807, 2.05) is 42.5 Å². The number of ether oxygens (including phenoxy) is 1. The zero-order chi connectivity index (χ0) is 22.1. The fourth-order valence-electron chi connectivity index (χ4n) is 4.02. The molecular formula is C24H18N4O4. The molecule has 0 unspecified atom stereocenters. The van der Waals surface area contributed by atoms with Crippen LogP contribution in [0.4, 0.5) is 10.6 Å². The molecule has 1 aliphatic carbocycles. The minimum Gasteiger partial charge on any atom is -0.476 e. The number of aromatic nitrogens is 3. The maximum absolute atomic E-state index is 12.7. The van der Waals surface area contributed by atoms with Crippen LogP contribution in [0, 0.1) is 0 Å². The second-order valence-corrected chi connectivity index (χ2v) is 7.29. The van der Waals surface area contributed by atoms with Crippen molar-refractivity contribution < 1.29 is 19.4 Å². The zero-order valence-corrected chi connectivity index (χ0v) is 16.8. The van der Waals surface area contributed by atoms with Gasteiger partial charge in [-0.15, -0.1) is 5.10 Å². The number of fused-ring (bicyclic) bond motifs is 3. The second kappa shape index (κ2) is 7.99. The largest absolute Gasteiger partial charge is 0.476 e. The van der Waals surface area contributed by atoms with Crippen LogP contribution in [0.25, 0.3) is 16.8 Å². The van der Waals surface area contributed by atoms with E-state index in [2.05, 4.69) is 27.8 Å². The quantitative estimate of drug-likeness (QED) is 0.492. The highest BCUT2D eigenvalue weighted by atomic mass is 16.5. The van der Waals surface area contributed by atoms with Crippen molar-refractivity contribution >= 4 is 17.9 Å². The van der Waals surface area contributed by atoms with Crippen LogP contribution < -0.4 is 5.32 Å². The van der Waals surface area contributed by atoms with Crippen LogP contribution in [0.15, 0.2) is 78.9 Å². The van der Waals surface area contributed by atoms with E-state index in [1.165, 1.54) is 4.68 Å². The molecule has 1 aliphatic rings. The number of hydrogen-bond donors (Lipinski definition) is 2. The Labute approximate surface area is 183 Å². The molecular weight excluding hydrogens is 408 g/mol. The van der Waals surface area contributed by atoms with Crippen molar-refractivity contribution in [3.8, 4) is 16.8 Å². The normalized spacial score (nSPS) is 12.1. The molecule has 2 N–H and O–H groups in total. The van der Waals surface area contributed by atoms with E-state index >= 15 is 0 Å². The predicted molar refractivity (Wildman–Crippen MR) is 117 cm³/mol. The third kappa shape index (κ3) is 3.37. The molecule has 32 heavy (non-hydrogen) atoms. The molecule has 8 nitrogen and oxygen atoms in total. The van der Waals surface area contributed by atoms with Crippen molar-refractivity contribution in [2.24, 2.45) is 0 Å². The Balaban J connectivity index is 1.38. The van der Waals surface area contributed by atoms with Gasteiger partial charge in [0.25, 0.3) is 0 Å². The first kappa shape index (κ1) is 19.5. The number of nitrogens with one attached hydrogen (secondary N) is 1. The van der Waals surface area contributed by atoms with Crippen molar-refractivity contribution in [3.63, 3.8) is 0 Å². The number of carbonyl (C=O) groups is 2. The van der Waals surface area contributed by atoms with Gasteiger partial charge in [-0.3, -0.25) is 5.32 Å². The fourth-order valence-corrected chi connectivity index (χ4v) is 4.02. The Hall–Kier alpha value is -4.46. The van der Waals surface area contributed by atoms with Gasteiger partial charge in [-0.2, -0.15) is 4.68 Å². The highest BCUT2D eigenvalue weighted by Crippen LogP contribution is 2.44. The molecule has 1 amide bonds. The lowest BCUT2D eigenvalue weighted by Gasteiger charge is -2.15. The summed E-state index contributed by atoms with van der Waals surface area (Å²) < 4.78 is 6.78. The van der Waals surface area contributed by atoms with Gasteiger partial charge in [-0.25, -0.2) is 9.59 Å². The van der Waals surface area contributed by atoms with Crippen LogP contribution >= 0.6 is 0 Å². The van der Waals surface area contributed by atoms with E-state index in [9.17, 15) is 14.7 Å². The molecule has 0 saturated carbocycles. The molecule has 1 heterocycles. The molecule has 5 rings (SSSR count). The Morgan fingerprint density at radius 3 is 2.12 bits per heavy atom. The van der Waals surface area contributed by atoms with Crippen LogP contribution in [0.5, 0.6) is 0 Å². The summed E-state index contributed by atoms with van der Waals surface area (Å²) in [4.78, 5) is 24.2. The van der Waals surface area contributed by atoms with Gasteiger partial charge in [0.1, 0.15) is 6.61 Å². The van der Waals surface area contributed by atoms with Gasteiger partial charge in [-0.05, 0) is 34.4 Å². The number of benzene rings is 3. The van der Waals surface area contributed by atoms with Crippen LogP contribution in [-0.4, -0.2) is 38.8 Å². The maximum atomic E-state index is 12.7. The van der Waals surface area contributed by atoms with Crippen molar-refractivity contribution in [2.45, 2.75) is 5.92 Å². The van der Waals surface area contributed by atoms with E-state index in [-0.39, 0.29) is 24.0 Å². The molecule has 0 bridgehead atoms. The average Bonchev–Trinajstić information content (AvgIpc) is 3.38. The lowest BCUT2D eigenvalue weighted by atomic mass is 9.98. The molecule has 158 valence electrons.